The SMILES string of the molecule is c1cc2nc3c(nc2cn1)CCCC3. The first-order valence-electron chi connectivity index (χ1n) is 5.03. The average molecular weight is 185 g/mol. The Balaban J connectivity index is 2.27. The number of aromatic nitrogens is 3. The van der Waals surface area contributed by atoms with Crippen LogP contribution in [0, 0.1) is 0 Å². The Bertz CT molecular complexity index is 434. The maximum Gasteiger partial charge on any atom is 0.107 e. The highest BCUT2D eigenvalue weighted by atomic mass is 14.8. The summed E-state index contributed by atoms with van der Waals surface area (Å²) in [5.41, 5.74) is 4.26. The molecule has 3 nitrogen and oxygen atoms in total. The largest absolute Gasteiger partial charge is 0.262 e. The third-order valence-corrected chi connectivity index (χ3v) is 2.70. The monoisotopic (exact) mass is 185 g/mol. The summed E-state index contributed by atoms with van der Waals surface area (Å²) in [6, 6.07) is 1.93. The molecule has 0 spiro atoms. The van der Waals surface area contributed by atoms with E-state index < -0.39 is 0 Å². The number of fused-ring (bicyclic) bond motifs is 2. The molecule has 3 rings (SSSR count). The first kappa shape index (κ1) is 7.85. The van der Waals surface area contributed by atoms with Gasteiger partial charge in [-0.05, 0) is 31.7 Å². The molecule has 0 radical (unpaired) electrons. The normalized spacial score (nSPS) is 15.4. The van der Waals surface area contributed by atoms with Crippen molar-refractivity contribution in [2.24, 2.45) is 0 Å². The second-order valence-electron chi connectivity index (χ2n) is 3.69. The molecule has 0 saturated carbocycles. The Kier molecular flexibility index (Phi) is 1.69. The number of hydrogen-bond donors (Lipinski definition) is 0. The zero-order valence-corrected chi connectivity index (χ0v) is 7.90. The highest BCUT2D eigenvalue weighted by molar-refractivity contribution is 5.72. The average Bonchev–Trinajstić information content (AvgIpc) is 2.26. The van der Waals surface area contributed by atoms with Gasteiger partial charge in [0.1, 0.15) is 5.52 Å². The maximum atomic E-state index is 4.61. The van der Waals surface area contributed by atoms with Crippen LogP contribution in [0.5, 0.6) is 0 Å². The van der Waals surface area contributed by atoms with Crippen molar-refractivity contribution in [2.75, 3.05) is 0 Å². The van der Waals surface area contributed by atoms with Gasteiger partial charge in [0.2, 0.25) is 0 Å². The van der Waals surface area contributed by atoms with E-state index in [1.54, 1.807) is 12.4 Å². The van der Waals surface area contributed by atoms with Crippen LogP contribution in [0.15, 0.2) is 18.5 Å². The summed E-state index contributed by atoms with van der Waals surface area (Å²) in [5.74, 6) is 0. The number of pyridine rings is 1. The van der Waals surface area contributed by atoms with E-state index in [0.717, 1.165) is 23.9 Å². The number of aryl methyl sites for hydroxylation is 2. The third kappa shape index (κ3) is 1.16. The second-order valence-corrected chi connectivity index (χ2v) is 3.69. The van der Waals surface area contributed by atoms with Crippen molar-refractivity contribution in [3.8, 4) is 0 Å². The topological polar surface area (TPSA) is 38.7 Å². The zero-order chi connectivity index (χ0) is 9.38. The van der Waals surface area contributed by atoms with E-state index in [9.17, 15) is 0 Å². The van der Waals surface area contributed by atoms with Crippen molar-refractivity contribution in [3.05, 3.63) is 29.8 Å². The molecule has 14 heavy (non-hydrogen) atoms. The minimum Gasteiger partial charge on any atom is -0.262 e. The van der Waals surface area contributed by atoms with E-state index >= 15 is 0 Å². The molecule has 0 fully saturated rings. The first-order chi connectivity index (χ1) is 6.93. The fourth-order valence-electron chi connectivity index (χ4n) is 1.96. The molecule has 3 heteroatoms. The number of rotatable bonds is 0. The molecule has 0 atom stereocenters. The van der Waals surface area contributed by atoms with Gasteiger partial charge in [-0.1, -0.05) is 0 Å². The molecule has 2 heterocycles. The van der Waals surface area contributed by atoms with Crippen molar-refractivity contribution < 1.29 is 0 Å². The molecule has 70 valence electrons. The van der Waals surface area contributed by atoms with Gasteiger partial charge in [0, 0.05) is 6.20 Å². The van der Waals surface area contributed by atoms with Crippen LogP contribution in [0.4, 0.5) is 0 Å². The van der Waals surface area contributed by atoms with E-state index in [2.05, 4.69) is 15.0 Å². The summed E-state index contributed by atoms with van der Waals surface area (Å²) in [4.78, 5) is 13.3. The Morgan fingerprint density at radius 2 is 1.64 bits per heavy atom. The van der Waals surface area contributed by atoms with Crippen molar-refractivity contribution in [1.82, 2.24) is 15.0 Å². The molecule has 0 aliphatic heterocycles. The van der Waals surface area contributed by atoms with Gasteiger partial charge in [-0.15, -0.1) is 0 Å². The lowest BCUT2D eigenvalue weighted by Crippen LogP contribution is -2.08. The van der Waals surface area contributed by atoms with Crippen LogP contribution in [0.3, 0.4) is 0 Å². The van der Waals surface area contributed by atoms with E-state index in [1.807, 2.05) is 6.07 Å². The quantitative estimate of drug-likeness (QED) is 0.629. The summed E-state index contributed by atoms with van der Waals surface area (Å²) in [6.45, 7) is 0. The van der Waals surface area contributed by atoms with Crippen molar-refractivity contribution in [2.45, 2.75) is 25.7 Å². The number of nitrogens with zero attached hydrogens (tertiary/aromatic N) is 3. The van der Waals surface area contributed by atoms with E-state index in [-0.39, 0.29) is 0 Å². The minimum atomic E-state index is 0.924. The molecule has 2 aromatic rings. The minimum absolute atomic E-state index is 0.924. The molecule has 0 saturated heterocycles. The van der Waals surface area contributed by atoms with Gasteiger partial charge in [0.05, 0.1) is 23.1 Å². The first-order valence-corrected chi connectivity index (χ1v) is 5.03. The predicted molar refractivity (Wildman–Crippen MR) is 54.0 cm³/mol. The summed E-state index contributed by atoms with van der Waals surface area (Å²) < 4.78 is 0. The standard InChI is InChI=1S/C11H11N3/c1-2-4-9-8(3-1)13-10-5-6-12-7-11(10)14-9/h5-7H,1-4H2. The molecular weight excluding hydrogens is 174 g/mol. The Labute approximate surface area is 82.2 Å². The smallest absolute Gasteiger partial charge is 0.107 e. The summed E-state index contributed by atoms with van der Waals surface area (Å²) in [7, 11) is 0. The van der Waals surface area contributed by atoms with Gasteiger partial charge in [0.15, 0.2) is 0 Å². The maximum absolute atomic E-state index is 4.61. The van der Waals surface area contributed by atoms with Gasteiger partial charge in [0.25, 0.3) is 0 Å². The molecule has 1 aliphatic carbocycles. The van der Waals surface area contributed by atoms with Crippen LogP contribution in [0.2, 0.25) is 0 Å². The van der Waals surface area contributed by atoms with Crippen molar-refractivity contribution >= 4 is 11.0 Å². The van der Waals surface area contributed by atoms with Gasteiger partial charge in [-0.2, -0.15) is 0 Å². The molecule has 1 aliphatic rings. The van der Waals surface area contributed by atoms with Crippen LogP contribution in [-0.2, 0) is 12.8 Å². The molecule has 0 bridgehead atoms. The number of hydrogen-bond acceptors (Lipinski definition) is 3. The van der Waals surface area contributed by atoms with Gasteiger partial charge in [-0.3, -0.25) is 4.98 Å². The summed E-state index contributed by atoms with van der Waals surface area (Å²) >= 11 is 0. The Morgan fingerprint density at radius 1 is 0.929 bits per heavy atom. The van der Waals surface area contributed by atoms with E-state index in [4.69, 9.17) is 0 Å². The fraction of sp³-hybridized carbons (Fsp3) is 0.364. The molecule has 2 aromatic heterocycles. The third-order valence-electron chi connectivity index (χ3n) is 2.70. The van der Waals surface area contributed by atoms with Crippen LogP contribution < -0.4 is 0 Å². The molecule has 0 amide bonds. The van der Waals surface area contributed by atoms with Crippen LogP contribution in [-0.4, -0.2) is 15.0 Å². The molecule has 0 N–H and O–H groups in total. The highest BCUT2D eigenvalue weighted by Gasteiger charge is 2.12. The van der Waals surface area contributed by atoms with Gasteiger partial charge >= 0.3 is 0 Å². The molecule has 0 aromatic carbocycles. The highest BCUT2D eigenvalue weighted by Crippen LogP contribution is 2.19. The predicted octanol–water partition coefficient (Wildman–Crippen LogP) is 1.90. The Hall–Kier alpha value is -1.51. The Morgan fingerprint density at radius 3 is 2.43 bits per heavy atom. The zero-order valence-electron chi connectivity index (χ0n) is 7.90. The van der Waals surface area contributed by atoms with E-state index in [0.29, 0.717) is 0 Å². The summed E-state index contributed by atoms with van der Waals surface area (Å²) in [6.07, 6.45) is 8.21. The summed E-state index contributed by atoms with van der Waals surface area (Å²) in [5, 5.41) is 0. The molecule has 0 unspecified atom stereocenters. The lowest BCUT2D eigenvalue weighted by molar-refractivity contribution is 0.655. The van der Waals surface area contributed by atoms with Crippen molar-refractivity contribution in [1.29, 1.82) is 0 Å². The lowest BCUT2D eigenvalue weighted by atomic mass is 10.0. The second kappa shape index (κ2) is 3.01. The van der Waals surface area contributed by atoms with Crippen LogP contribution in [0.1, 0.15) is 24.2 Å². The van der Waals surface area contributed by atoms with Crippen molar-refractivity contribution in [3.63, 3.8) is 0 Å². The fourth-order valence-corrected chi connectivity index (χ4v) is 1.96. The van der Waals surface area contributed by atoms with Crippen LogP contribution in [0.25, 0.3) is 11.0 Å². The van der Waals surface area contributed by atoms with Gasteiger partial charge < -0.3 is 0 Å². The van der Waals surface area contributed by atoms with E-state index in [1.165, 1.54) is 24.2 Å². The lowest BCUT2D eigenvalue weighted by Gasteiger charge is -2.13. The van der Waals surface area contributed by atoms with Crippen LogP contribution >= 0.6 is 0 Å². The molecular formula is C11H11N3. The van der Waals surface area contributed by atoms with Gasteiger partial charge in [-0.25, -0.2) is 9.97 Å².